The van der Waals surface area contributed by atoms with Gasteiger partial charge >= 0.3 is 5.97 Å². The van der Waals surface area contributed by atoms with Gasteiger partial charge in [-0.05, 0) is 61.1 Å². The Hall–Kier alpha value is -2.60. The standard InChI is InChI=1S/C24H31FN2O3/c1-3-30-24(29)12-10-18-9-11-20(16-22(18)25)26(2)17-19-6-4-8-23-21(19)7-5-13-27(23)14-15-28/h4,6,8-9,11,16,28H,3,5,7,10,12-15,17H2,1-2H3. The zero-order valence-corrected chi connectivity index (χ0v) is 17.9. The molecule has 6 heteroatoms. The van der Waals surface area contributed by atoms with Crippen LogP contribution >= 0.6 is 0 Å². The molecular formula is C24H31FN2O3. The van der Waals surface area contributed by atoms with Gasteiger partial charge < -0.3 is 19.6 Å². The number of hydrogen-bond donors (Lipinski definition) is 1. The summed E-state index contributed by atoms with van der Waals surface area (Å²) in [5, 5.41) is 9.34. The van der Waals surface area contributed by atoms with Crippen LogP contribution < -0.4 is 9.80 Å². The fourth-order valence-corrected chi connectivity index (χ4v) is 4.07. The van der Waals surface area contributed by atoms with E-state index in [1.165, 1.54) is 22.9 Å². The number of carbonyl (C=O) groups is 1. The minimum Gasteiger partial charge on any atom is -0.466 e. The molecule has 0 fully saturated rings. The van der Waals surface area contributed by atoms with Crippen molar-refractivity contribution in [2.45, 2.75) is 39.2 Å². The van der Waals surface area contributed by atoms with Crippen LogP contribution in [0.5, 0.6) is 0 Å². The molecule has 0 spiro atoms. The van der Waals surface area contributed by atoms with Crippen molar-refractivity contribution in [3.63, 3.8) is 0 Å². The summed E-state index contributed by atoms with van der Waals surface area (Å²) >= 11 is 0. The van der Waals surface area contributed by atoms with E-state index >= 15 is 0 Å². The van der Waals surface area contributed by atoms with E-state index in [4.69, 9.17) is 4.74 Å². The molecule has 30 heavy (non-hydrogen) atoms. The monoisotopic (exact) mass is 414 g/mol. The zero-order chi connectivity index (χ0) is 21.5. The molecule has 0 unspecified atom stereocenters. The highest BCUT2D eigenvalue weighted by Crippen LogP contribution is 2.31. The third-order valence-electron chi connectivity index (χ3n) is 5.60. The number of aryl methyl sites for hydroxylation is 1. The van der Waals surface area contributed by atoms with Crippen molar-refractivity contribution in [3.8, 4) is 0 Å². The Balaban J connectivity index is 1.71. The van der Waals surface area contributed by atoms with Crippen LogP contribution in [0.15, 0.2) is 36.4 Å². The van der Waals surface area contributed by atoms with E-state index in [9.17, 15) is 14.3 Å². The van der Waals surface area contributed by atoms with Gasteiger partial charge in [0.25, 0.3) is 0 Å². The lowest BCUT2D eigenvalue weighted by Gasteiger charge is -2.33. The first-order chi connectivity index (χ1) is 14.5. The lowest BCUT2D eigenvalue weighted by Crippen LogP contribution is -2.32. The first-order valence-electron chi connectivity index (χ1n) is 10.6. The lowest BCUT2D eigenvalue weighted by molar-refractivity contribution is -0.143. The Morgan fingerprint density at radius 3 is 2.83 bits per heavy atom. The Kier molecular flexibility index (Phi) is 7.69. The average molecular weight is 415 g/mol. The SMILES string of the molecule is CCOC(=O)CCc1ccc(N(C)Cc2cccc3c2CCCN3CCO)cc1F. The Morgan fingerprint density at radius 2 is 2.10 bits per heavy atom. The van der Waals surface area contributed by atoms with Crippen molar-refractivity contribution in [1.29, 1.82) is 0 Å². The first-order valence-corrected chi connectivity index (χ1v) is 10.6. The van der Waals surface area contributed by atoms with Crippen LogP contribution in [-0.2, 0) is 28.9 Å². The van der Waals surface area contributed by atoms with Gasteiger partial charge in [-0.1, -0.05) is 18.2 Å². The maximum Gasteiger partial charge on any atom is 0.306 e. The van der Waals surface area contributed by atoms with E-state index in [0.29, 0.717) is 31.7 Å². The average Bonchev–Trinajstić information content (AvgIpc) is 2.74. The Morgan fingerprint density at radius 1 is 1.27 bits per heavy atom. The normalized spacial score (nSPS) is 13.1. The fourth-order valence-electron chi connectivity index (χ4n) is 4.07. The second-order valence-corrected chi connectivity index (χ2v) is 7.67. The molecule has 1 heterocycles. The third kappa shape index (κ3) is 5.30. The number of fused-ring (bicyclic) bond motifs is 1. The molecule has 162 valence electrons. The summed E-state index contributed by atoms with van der Waals surface area (Å²) in [6.07, 6.45) is 2.60. The van der Waals surface area contributed by atoms with E-state index in [2.05, 4.69) is 23.1 Å². The lowest BCUT2D eigenvalue weighted by atomic mass is 9.95. The number of aliphatic hydroxyl groups is 1. The zero-order valence-electron chi connectivity index (χ0n) is 17.9. The highest BCUT2D eigenvalue weighted by Gasteiger charge is 2.19. The predicted molar refractivity (Wildman–Crippen MR) is 118 cm³/mol. The smallest absolute Gasteiger partial charge is 0.306 e. The second kappa shape index (κ2) is 10.4. The number of aliphatic hydroxyl groups excluding tert-OH is 1. The first kappa shape index (κ1) is 22.1. The Bertz CT molecular complexity index is 872. The van der Waals surface area contributed by atoms with Crippen LogP contribution in [0.25, 0.3) is 0 Å². The quantitative estimate of drug-likeness (QED) is 0.634. The highest BCUT2D eigenvalue weighted by molar-refractivity contribution is 5.69. The van der Waals surface area contributed by atoms with E-state index in [-0.39, 0.29) is 24.8 Å². The Labute approximate surface area is 178 Å². The van der Waals surface area contributed by atoms with Crippen LogP contribution in [0, 0.1) is 5.82 Å². The van der Waals surface area contributed by atoms with Gasteiger partial charge in [0.15, 0.2) is 0 Å². The molecule has 2 aromatic rings. The molecule has 0 aliphatic carbocycles. The summed E-state index contributed by atoms with van der Waals surface area (Å²) in [7, 11) is 1.96. The van der Waals surface area contributed by atoms with Gasteiger partial charge in [-0.2, -0.15) is 0 Å². The summed E-state index contributed by atoms with van der Waals surface area (Å²) in [5.41, 5.74) is 5.06. The van der Waals surface area contributed by atoms with E-state index in [0.717, 1.165) is 25.1 Å². The van der Waals surface area contributed by atoms with Crippen molar-refractivity contribution >= 4 is 17.3 Å². The van der Waals surface area contributed by atoms with Crippen molar-refractivity contribution in [2.24, 2.45) is 0 Å². The van der Waals surface area contributed by atoms with Crippen molar-refractivity contribution in [1.82, 2.24) is 0 Å². The summed E-state index contributed by atoms with van der Waals surface area (Å²) in [5.74, 6) is -0.602. The van der Waals surface area contributed by atoms with E-state index < -0.39 is 0 Å². The fraction of sp³-hybridized carbons (Fsp3) is 0.458. The molecule has 0 radical (unpaired) electrons. The van der Waals surface area contributed by atoms with Gasteiger partial charge in [0, 0.05) is 44.5 Å². The van der Waals surface area contributed by atoms with Gasteiger partial charge in [0.1, 0.15) is 5.82 Å². The van der Waals surface area contributed by atoms with Crippen molar-refractivity contribution < 1.29 is 19.0 Å². The van der Waals surface area contributed by atoms with E-state index in [1.807, 2.05) is 18.0 Å². The molecule has 0 bridgehead atoms. The number of nitrogens with zero attached hydrogens (tertiary/aromatic N) is 2. The minimum absolute atomic E-state index is 0.144. The predicted octanol–water partition coefficient (Wildman–Crippen LogP) is 3.70. The van der Waals surface area contributed by atoms with Crippen LogP contribution in [0.1, 0.15) is 36.5 Å². The topological polar surface area (TPSA) is 53.0 Å². The number of hydrogen-bond acceptors (Lipinski definition) is 5. The number of rotatable bonds is 9. The molecule has 1 aliphatic heterocycles. The summed E-state index contributed by atoms with van der Waals surface area (Å²) in [4.78, 5) is 15.8. The summed E-state index contributed by atoms with van der Waals surface area (Å²) in [6, 6.07) is 11.5. The molecule has 1 aliphatic rings. The van der Waals surface area contributed by atoms with Gasteiger partial charge in [-0.15, -0.1) is 0 Å². The number of β-amino-alcohol motifs (C(OH)–C–C–N with tert-alkyl or cyclic N) is 1. The van der Waals surface area contributed by atoms with E-state index in [1.54, 1.807) is 13.0 Å². The van der Waals surface area contributed by atoms with Crippen LogP contribution in [-0.4, -0.2) is 44.4 Å². The summed E-state index contributed by atoms with van der Waals surface area (Å²) in [6.45, 7) is 4.53. The van der Waals surface area contributed by atoms with Gasteiger partial charge in [0.05, 0.1) is 13.2 Å². The maximum absolute atomic E-state index is 14.6. The molecule has 5 nitrogen and oxygen atoms in total. The van der Waals surface area contributed by atoms with Crippen molar-refractivity contribution in [3.05, 3.63) is 58.9 Å². The number of carbonyl (C=O) groups excluding carboxylic acids is 1. The molecule has 0 saturated heterocycles. The molecule has 0 atom stereocenters. The molecular weight excluding hydrogens is 383 g/mol. The largest absolute Gasteiger partial charge is 0.466 e. The van der Waals surface area contributed by atoms with Gasteiger partial charge in [0.2, 0.25) is 0 Å². The number of ether oxygens (including phenoxy) is 1. The molecule has 3 rings (SSSR count). The number of benzene rings is 2. The van der Waals surface area contributed by atoms with Crippen LogP contribution in [0.4, 0.5) is 15.8 Å². The molecule has 0 aromatic heterocycles. The number of esters is 1. The number of anilines is 2. The minimum atomic E-state index is -0.304. The third-order valence-corrected chi connectivity index (χ3v) is 5.60. The van der Waals surface area contributed by atoms with Crippen LogP contribution in [0.3, 0.4) is 0 Å². The second-order valence-electron chi connectivity index (χ2n) is 7.67. The molecule has 0 saturated carbocycles. The highest BCUT2D eigenvalue weighted by atomic mass is 19.1. The molecule has 0 amide bonds. The molecule has 1 N–H and O–H groups in total. The molecule has 2 aromatic carbocycles. The van der Waals surface area contributed by atoms with Crippen LogP contribution in [0.2, 0.25) is 0 Å². The van der Waals surface area contributed by atoms with Gasteiger partial charge in [-0.25, -0.2) is 4.39 Å². The summed E-state index contributed by atoms with van der Waals surface area (Å²) < 4.78 is 19.5. The number of halogens is 1. The van der Waals surface area contributed by atoms with Crippen molar-refractivity contribution in [2.75, 3.05) is 43.2 Å². The van der Waals surface area contributed by atoms with Gasteiger partial charge in [-0.3, -0.25) is 4.79 Å². The maximum atomic E-state index is 14.6.